The summed E-state index contributed by atoms with van der Waals surface area (Å²) in [6, 6.07) is 9.93. The number of aryl methyl sites for hydroxylation is 6. The topological polar surface area (TPSA) is 0 Å². The summed E-state index contributed by atoms with van der Waals surface area (Å²) in [7, 11) is 0. The fourth-order valence-corrected chi connectivity index (χ4v) is 4.12. The van der Waals surface area contributed by atoms with Crippen LogP contribution in [0, 0.1) is 14.9 Å². The number of rotatable bonds is 3. The minimum atomic E-state index is 0. The van der Waals surface area contributed by atoms with Gasteiger partial charge < -0.3 is 14.9 Å². The van der Waals surface area contributed by atoms with Crippen LogP contribution in [0.1, 0.15) is 59.1 Å². The molecule has 2 aliphatic rings. The Morgan fingerprint density at radius 1 is 0.652 bits per heavy atom. The van der Waals surface area contributed by atoms with Crippen molar-refractivity contribution in [3.8, 4) is 0 Å². The van der Waals surface area contributed by atoms with Crippen LogP contribution < -0.4 is 0 Å². The van der Waals surface area contributed by atoms with Crippen LogP contribution in [0.5, 0.6) is 0 Å². The first-order chi connectivity index (χ1) is 9.88. The first kappa shape index (κ1) is 20.6. The molecule has 1 heteroatoms. The van der Waals surface area contributed by atoms with Crippen LogP contribution in [0.25, 0.3) is 0 Å². The van der Waals surface area contributed by atoms with E-state index in [0.717, 1.165) is 0 Å². The zero-order chi connectivity index (χ0) is 13.4. The van der Waals surface area contributed by atoms with Crippen LogP contribution in [0.2, 0.25) is 0 Å². The number of hydrogen-bond donors (Lipinski definition) is 0. The summed E-state index contributed by atoms with van der Waals surface area (Å²) in [5.74, 6) is 0. The van der Waals surface area contributed by atoms with Gasteiger partial charge in [-0.1, -0.05) is 51.4 Å². The smallest absolute Gasteiger partial charge is 0.358 e. The summed E-state index contributed by atoms with van der Waals surface area (Å²) < 4.78 is 0. The Labute approximate surface area is 162 Å². The monoisotopic (exact) mass is 474 g/mol. The molecule has 0 unspecified atom stereocenters. The summed E-state index contributed by atoms with van der Waals surface area (Å²) in [6.07, 6.45) is 13.3. The maximum Gasteiger partial charge on any atom is 4.00 e. The maximum absolute atomic E-state index is 2.48. The Kier molecular flexibility index (Phi) is 8.21. The van der Waals surface area contributed by atoms with Gasteiger partial charge in [-0.2, -0.15) is 45.5 Å². The average Bonchev–Trinajstić information content (AvgIpc) is 3.07. The minimum absolute atomic E-state index is 0. The second-order valence-electron chi connectivity index (χ2n) is 6.74. The molecule has 4 rings (SSSR count). The van der Waals surface area contributed by atoms with E-state index < -0.39 is 0 Å². The third-order valence-electron chi connectivity index (χ3n) is 5.25. The molecule has 0 spiro atoms. The Hall–Kier alpha value is -0.430. The van der Waals surface area contributed by atoms with Crippen molar-refractivity contribution in [1.82, 2.24) is 0 Å². The van der Waals surface area contributed by atoms with Gasteiger partial charge in [0.15, 0.2) is 0 Å². The van der Waals surface area contributed by atoms with Crippen LogP contribution in [0.15, 0.2) is 24.3 Å². The minimum Gasteiger partial charge on any atom is -0.358 e. The van der Waals surface area contributed by atoms with E-state index in [0.29, 0.717) is 0 Å². The second-order valence-corrected chi connectivity index (χ2v) is 6.74. The SMILES string of the molecule is [CH3-].[CH3-].[Hf+4].c1c(CCc2cc3c([cH-]2)CCCC3)[cH-]c2c1CCCC2. The molecule has 0 amide bonds. The van der Waals surface area contributed by atoms with Crippen molar-refractivity contribution in [3.05, 3.63) is 72.5 Å². The van der Waals surface area contributed by atoms with E-state index in [-0.39, 0.29) is 40.7 Å². The van der Waals surface area contributed by atoms with Crippen LogP contribution in [-0.2, 0) is 64.4 Å². The molecule has 0 radical (unpaired) electrons. The van der Waals surface area contributed by atoms with Crippen LogP contribution in [0.4, 0.5) is 0 Å². The quantitative estimate of drug-likeness (QED) is 0.405. The van der Waals surface area contributed by atoms with Gasteiger partial charge in [0.1, 0.15) is 0 Å². The second kappa shape index (κ2) is 9.16. The first-order valence-corrected chi connectivity index (χ1v) is 8.43. The largest absolute Gasteiger partial charge is 4.00 e. The van der Waals surface area contributed by atoms with Gasteiger partial charge in [0.2, 0.25) is 0 Å². The van der Waals surface area contributed by atoms with E-state index in [4.69, 9.17) is 0 Å². The standard InChI is InChI=1S/C20H24.2CH3.Hf/c1-2-6-18-12-15(11-17(18)5-1)9-10-16-13-19-7-3-4-8-20(19)14-16;;;/h11-14H,1-10H2;2*1H3;/q-2;2*-1;+4. The zero-order valence-corrected chi connectivity index (χ0v) is 18.5. The number of hydrogen-bond acceptors (Lipinski definition) is 0. The fraction of sp³-hybridized carbons (Fsp3) is 0.455. The van der Waals surface area contributed by atoms with E-state index in [1.807, 2.05) is 0 Å². The van der Waals surface area contributed by atoms with Gasteiger partial charge in [0.05, 0.1) is 0 Å². The van der Waals surface area contributed by atoms with Gasteiger partial charge in [-0.25, -0.2) is 12.1 Å². The summed E-state index contributed by atoms with van der Waals surface area (Å²) in [5.41, 5.74) is 9.74. The van der Waals surface area contributed by atoms with Gasteiger partial charge >= 0.3 is 25.8 Å². The molecule has 0 saturated heterocycles. The van der Waals surface area contributed by atoms with Crippen LogP contribution in [0.3, 0.4) is 0 Å². The van der Waals surface area contributed by atoms with Crippen LogP contribution in [-0.4, -0.2) is 0 Å². The van der Waals surface area contributed by atoms with Gasteiger partial charge in [0.25, 0.3) is 0 Å². The summed E-state index contributed by atoms with van der Waals surface area (Å²) in [5, 5.41) is 0. The first-order valence-electron chi connectivity index (χ1n) is 8.43. The Morgan fingerprint density at radius 3 is 1.43 bits per heavy atom. The fourth-order valence-electron chi connectivity index (χ4n) is 4.12. The predicted molar refractivity (Wildman–Crippen MR) is 97.6 cm³/mol. The molecule has 122 valence electrons. The predicted octanol–water partition coefficient (Wildman–Crippen LogP) is 5.57. The number of fused-ring (bicyclic) bond motifs is 2. The van der Waals surface area contributed by atoms with E-state index in [1.165, 1.54) is 64.2 Å². The molecule has 0 fully saturated rings. The van der Waals surface area contributed by atoms with E-state index >= 15 is 0 Å². The van der Waals surface area contributed by atoms with Crippen molar-refractivity contribution in [1.29, 1.82) is 0 Å². The van der Waals surface area contributed by atoms with E-state index in [1.54, 1.807) is 33.4 Å². The van der Waals surface area contributed by atoms with Crippen molar-refractivity contribution in [2.45, 2.75) is 64.2 Å². The molecule has 23 heavy (non-hydrogen) atoms. The van der Waals surface area contributed by atoms with Gasteiger partial charge in [-0.15, -0.1) is 0 Å². The van der Waals surface area contributed by atoms with E-state index in [2.05, 4.69) is 24.3 Å². The molecular weight excluding hydrogens is 443 g/mol. The summed E-state index contributed by atoms with van der Waals surface area (Å²) >= 11 is 0. The molecule has 0 saturated carbocycles. The zero-order valence-electron chi connectivity index (χ0n) is 14.9. The third kappa shape index (κ3) is 4.56. The maximum atomic E-state index is 2.48. The molecular formula is C22H30Hf. The normalized spacial score (nSPS) is 15.5. The molecule has 0 bridgehead atoms. The van der Waals surface area contributed by atoms with Crippen molar-refractivity contribution in [2.75, 3.05) is 0 Å². The molecule has 2 aromatic rings. The Morgan fingerprint density at radius 2 is 1.04 bits per heavy atom. The molecule has 0 aliphatic heterocycles. The van der Waals surface area contributed by atoms with Crippen molar-refractivity contribution < 1.29 is 25.8 Å². The van der Waals surface area contributed by atoms with Gasteiger partial charge in [0, 0.05) is 0 Å². The molecule has 2 aromatic carbocycles. The molecule has 0 N–H and O–H groups in total. The summed E-state index contributed by atoms with van der Waals surface area (Å²) in [4.78, 5) is 0. The molecule has 2 aliphatic carbocycles. The Bertz CT molecular complexity index is 498. The van der Waals surface area contributed by atoms with Crippen LogP contribution >= 0.6 is 0 Å². The molecule has 0 heterocycles. The van der Waals surface area contributed by atoms with Gasteiger partial charge in [-0.3, -0.25) is 0 Å². The Balaban J connectivity index is 0.000000882. The van der Waals surface area contributed by atoms with Gasteiger partial charge in [-0.05, 0) is 12.8 Å². The van der Waals surface area contributed by atoms with Crippen molar-refractivity contribution in [3.63, 3.8) is 0 Å². The van der Waals surface area contributed by atoms with Crippen molar-refractivity contribution >= 4 is 0 Å². The summed E-state index contributed by atoms with van der Waals surface area (Å²) in [6.45, 7) is 0. The van der Waals surface area contributed by atoms with E-state index in [9.17, 15) is 0 Å². The van der Waals surface area contributed by atoms with Crippen molar-refractivity contribution in [2.24, 2.45) is 0 Å². The molecule has 0 nitrogen and oxygen atoms in total. The third-order valence-corrected chi connectivity index (χ3v) is 5.25. The molecule has 0 atom stereocenters. The molecule has 0 aromatic heterocycles. The average molecular weight is 473 g/mol.